The lowest BCUT2D eigenvalue weighted by molar-refractivity contribution is 0.402. The van der Waals surface area contributed by atoms with Crippen LogP contribution in [0.3, 0.4) is 0 Å². The number of hydrogen-bond donors (Lipinski definition) is 1. The van der Waals surface area contributed by atoms with Crippen LogP contribution in [-0.4, -0.2) is 19.0 Å². The first-order valence-corrected chi connectivity index (χ1v) is 7.70. The molecule has 0 spiro atoms. The summed E-state index contributed by atoms with van der Waals surface area (Å²) in [6.07, 6.45) is 0. The van der Waals surface area contributed by atoms with Crippen molar-refractivity contribution in [2.24, 2.45) is 0 Å². The molecule has 2 nitrogen and oxygen atoms in total. The van der Waals surface area contributed by atoms with E-state index in [1.54, 1.807) is 6.07 Å². The minimum atomic E-state index is -0.231. The van der Waals surface area contributed by atoms with E-state index in [1.807, 2.05) is 12.1 Å². The lowest BCUT2D eigenvalue weighted by atomic mass is 10.1. The highest BCUT2D eigenvalue weighted by Crippen LogP contribution is 2.27. The summed E-state index contributed by atoms with van der Waals surface area (Å²) in [4.78, 5) is 2.14. The van der Waals surface area contributed by atoms with Crippen LogP contribution in [0.15, 0.2) is 46.9 Å². The van der Waals surface area contributed by atoms with Crippen LogP contribution < -0.4 is 5.32 Å². The van der Waals surface area contributed by atoms with E-state index in [4.69, 9.17) is 0 Å². The Labute approximate surface area is 134 Å². The average molecular weight is 351 g/mol. The topological polar surface area (TPSA) is 15.3 Å². The molecule has 0 amide bonds. The van der Waals surface area contributed by atoms with Gasteiger partial charge in [0.05, 0.1) is 0 Å². The van der Waals surface area contributed by atoms with E-state index in [0.717, 1.165) is 22.3 Å². The van der Waals surface area contributed by atoms with Gasteiger partial charge in [-0.1, -0.05) is 34.1 Å². The zero-order chi connectivity index (χ0) is 15.4. The third kappa shape index (κ3) is 4.55. The highest BCUT2D eigenvalue weighted by Gasteiger charge is 2.10. The maximum atomic E-state index is 13.2. The normalized spacial score (nSPS) is 12.5. The molecule has 0 aromatic heterocycles. The van der Waals surface area contributed by atoms with E-state index in [0.29, 0.717) is 0 Å². The molecule has 1 atom stereocenters. The quantitative estimate of drug-likeness (QED) is 0.831. The highest BCUT2D eigenvalue weighted by molar-refractivity contribution is 9.10. The van der Waals surface area contributed by atoms with Gasteiger partial charge in [-0.25, -0.2) is 4.39 Å². The van der Waals surface area contributed by atoms with Crippen molar-refractivity contribution in [3.8, 4) is 0 Å². The summed E-state index contributed by atoms with van der Waals surface area (Å²) in [5, 5.41) is 3.46. The van der Waals surface area contributed by atoms with Crippen LogP contribution in [0.5, 0.6) is 0 Å². The number of benzene rings is 2. The van der Waals surface area contributed by atoms with Gasteiger partial charge < -0.3 is 10.2 Å². The molecule has 0 fully saturated rings. The molecule has 2 rings (SSSR count). The van der Waals surface area contributed by atoms with Crippen LogP contribution in [-0.2, 0) is 6.54 Å². The molecule has 112 valence electrons. The number of nitrogens with zero attached hydrogens (tertiary/aromatic N) is 1. The fraction of sp³-hybridized carbons (Fsp3) is 0.294. The van der Waals surface area contributed by atoms with E-state index in [-0.39, 0.29) is 11.9 Å². The summed E-state index contributed by atoms with van der Waals surface area (Å²) < 4.78 is 13.9. The highest BCUT2D eigenvalue weighted by atomic mass is 79.9. The maximum absolute atomic E-state index is 13.2. The van der Waals surface area contributed by atoms with Gasteiger partial charge in [-0.2, -0.15) is 0 Å². The molecule has 0 heterocycles. The second kappa shape index (κ2) is 7.05. The Morgan fingerprint density at radius 3 is 2.62 bits per heavy atom. The second-order valence-electron chi connectivity index (χ2n) is 5.47. The minimum Gasteiger partial charge on any atom is -0.378 e. The van der Waals surface area contributed by atoms with Crippen molar-refractivity contribution in [3.63, 3.8) is 0 Å². The van der Waals surface area contributed by atoms with Crippen molar-refractivity contribution in [2.45, 2.75) is 19.5 Å². The summed E-state index contributed by atoms with van der Waals surface area (Å²) in [5.41, 5.74) is 3.36. The van der Waals surface area contributed by atoms with Crippen molar-refractivity contribution in [1.29, 1.82) is 0 Å². The van der Waals surface area contributed by atoms with Crippen molar-refractivity contribution < 1.29 is 4.39 Å². The van der Waals surface area contributed by atoms with E-state index in [9.17, 15) is 4.39 Å². The standard InChI is InChI=1S/C17H20BrFN2/c1-12(16-8-7-14(19)10-17(16)18)20-15-6-4-5-13(9-15)11-21(2)3/h4-10,12,20H,11H2,1-3H3. The zero-order valence-electron chi connectivity index (χ0n) is 12.5. The Bertz CT molecular complexity index is 613. The predicted molar refractivity (Wildman–Crippen MR) is 90.0 cm³/mol. The lowest BCUT2D eigenvalue weighted by Gasteiger charge is -2.18. The van der Waals surface area contributed by atoms with Crippen molar-refractivity contribution in [3.05, 3.63) is 63.9 Å². The minimum absolute atomic E-state index is 0.0922. The van der Waals surface area contributed by atoms with Crippen LogP contribution >= 0.6 is 15.9 Å². The van der Waals surface area contributed by atoms with Gasteiger partial charge >= 0.3 is 0 Å². The summed E-state index contributed by atoms with van der Waals surface area (Å²) in [7, 11) is 4.11. The van der Waals surface area contributed by atoms with Gasteiger partial charge in [0.2, 0.25) is 0 Å². The third-order valence-corrected chi connectivity index (χ3v) is 3.92. The molecule has 0 bridgehead atoms. The van der Waals surface area contributed by atoms with Crippen molar-refractivity contribution >= 4 is 21.6 Å². The van der Waals surface area contributed by atoms with Gasteiger partial charge in [-0.3, -0.25) is 0 Å². The van der Waals surface area contributed by atoms with E-state index in [2.05, 4.69) is 59.3 Å². The number of anilines is 1. The molecule has 1 unspecified atom stereocenters. The monoisotopic (exact) mass is 350 g/mol. The molecule has 0 aliphatic heterocycles. The molecule has 2 aromatic carbocycles. The number of nitrogens with one attached hydrogen (secondary N) is 1. The molecule has 0 radical (unpaired) electrons. The van der Waals surface area contributed by atoms with Gasteiger partial charge in [0.15, 0.2) is 0 Å². The molecule has 0 aliphatic rings. The first-order chi connectivity index (χ1) is 9.95. The number of hydrogen-bond acceptors (Lipinski definition) is 2. The van der Waals surface area contributed by atoms with E-state index >= 15 is 0 Å². The maximum Gasteiger partial charge on any atom is 0.124 e. The van der Waals surface area contributed by atoms with Crippen LogP contribution in [0.4, 0.5) is 10.1 Å². The summed E-state index contributed by atoms with van der Waals surface area (Å²) in [6, 6.07) is 13.2. The van der Waals surface area contributed by atoms with Crippen molar-refractivity contribution in [2.75, 3.05) is 19.4 Å². The smallest absolute Gasteiger partial charge is 0.124 e. The average Bonchev–Trinajstić information content (AvgIpc) is 2.37. The van der Waals surface area contributed by atoms with Crippen LogP contribution in [0.2, 0.25) is 0 Å². The van der Waals surface area contributed by atoms with Gasteiger partial charge in [0.25, 0.3) is 0 Å². The predicted octanol–water partition coefficient (Wildman–Crippen LogP) is 4.82. The lowest BCUT2D eigenvalue weighted by Crippen LogP contribution is -2.11. The summed E-state index contributed by atoms with van der Waals surface area (Å²) >= 11 is 3.42. The molecule has 0 saturated carbocycles. The molecule has 1 N–H and O–H groups in total. The molecule has 0 saturated heterocycles. The second-order valence-corrected chi connectivity index (χ2v) is 6.32. The van der Waals surface area contributed by atoms with Gasteiger partial charge in [-0.05, 0) is 56.4 Å². The van der Waals surface area contributed by atoms with Gasteiger partial charge in [0.1, 0.15) is 5.82 Å². The number of halogens is 2. The fourth-order valence-corrected chi connectivity index (χ4v) is 3.00. The summed E-state index contributed by atoms with van der Waals surface area (Å²) in [5.74, 6) is -0.231. The van der Waals surface area contributed by atoms with Gasteiger partial charge in [-0.15, -0.1) is 0 Å². The fourth-order valence-electron chi connectivity index (χ4n) is 2.31. The van der Waals surface area contributed by atoms with Crippen LogP contribution in [0.25, 0.3) is 0 Å². The third-order valence-electron chi connectivity index (χ3n) is 3.24. The molecule has 0 aliphatic carbocycles. The Kier molecular flexibility index (Phi) is 5.37. The van der Waals surface area contributed by atoms with Crippen LogP contribution in [0, 0.1) is 5.82 Å². The molecule has 21 heavy (non-hydrogen) atoms. The Morgan fingerprint density at radius 1 is 1.19 bits per heavy atom. The van der Waals surface area contributed by atoms with E-state index < -0.39 is 0 Å². The Balaban J connectivity index is 2.13. The molecule has 4 heteroatoms. The zero-order valence-corrected chi connectivity index (χ0v) is 14.1. The number of rotatable bonds is 5. The first kappa shape index (κ1) is 16.0. The molecule has 2 aromatic rings. The van der Waals surface area contributed by atoms with Crippen LogP contribution in [0.1, 0.15) is 24.1 Å². The SMILES string of the molecule is CC(Nc1cccc(CN(C)C)c1)c1ccc(F)cc1Br. The first-order valence-electron chi connectivity index (χ1n) is 6.91. The van der Waals surface area contributed by atoms with Gasteiger partial charge in [0, 0.05) is 22.7 Å². The largest absolute Gasteiger partial charge is 0.378 e. The molecular formula is C17H20BrFN2. The summed E-state index contributed by atoms with van der Waals surface area (Å²) in [6.45, 7) is 2.97. The Morgan fingerprint density at radius 2 is 1.95 bits per heavy atom. The van der Waals surface area contributed by atoms with Crippen molar-refractivity contribution in [1.82, 2.24) is 4.90 Å². The Hall–Kier alpha value is -1.39. The van der Waals surface area contributed by atoms with E-state index in [1.165, 1.54) is 17.7 Å². The molecular weight excluding hydrogens is 331 g/mol.